The van der Waals surface area contributed by atoms with Crippen LogP contribution in [0.2, 0.25) is 0 Å². The molecule has 0 fully saturated rings. The molecule has 4 nitrogen and oxygen atoms in total. The molecule has 1 aromatic heterocycles. The maximum Gasteiger partial charge on any atom is 0.304 e. The van der Waals surface area contributed by atoms with Gasteiger partial charge in [0, 0.05) is 36.5 Å². The molecule has 3 rings (SSSR count). The number of benzene rings is 1. The minimum atomic E-state index is -0.731. The zero-order valence-corrected chi connectivity index (χ0v) is 12.8. The summed E-state index contributed by atoms with van der Waals surface area (Å²) in [5.74, 6) is -0.731. The van der Waals surface area contributed by atoms with Crippen LogP contribution in [0, 0.1) is 6.92 Å². The van der Waals surface area contributed by atoms with Crippen LogP contribution in [0.15, 0.2) is 24.3 Å². The van der Waals surface area contributed by atoms with Crippen molar-refractivity contribution in [3.05, 3.63) is 40.4 Å². The van der Waals surface area contributed by atoms with Gasteiger partial charge in [0.25, 0.3) is 0 Å². The molecule has 2 heterocycles. The number of fused-ring (bicyclic) bond motifs is 1. The number of aryl methyl sites for hydroxylation is 1. The van der Waals surface area contributed by atoms with Gasteiger partial charge < -0.3 is 5.11 Å². The van der Waals surface area contributed by atoms with E-state index in [1.807, 2.05) is 0 Å². The molecule has 0 bridgehead atoms. The summed E-state index contributed by atoms with van der Waals surface area (Å²) in [6.07, 6.45) is 1.12. The van der Waals surface area contributed by atoms with Gasteiger partial charge in [0.05, 0.1) is 12.1 Å². The standard InChI is InChI=1S/C16H18N2O2S/c1-11-3-2-4-12(9-11)16-17-13-5-7-18(8-6-15(19)20)10-14(13)21-16/h2-4,9H,5-8,10H2,1H3,(H,19,20). The second-order valence-electron chi connectivity index (χ2n) is 5.43. The Morgan fingerprint density at radius 2 is 2.33 bits per heavy atom. The van der Waals surface area contributed by atoms with Crippen molar-refractivity contribution < 1.29 is 9.90 Å². The second kappa shape index (κ2) is 5.95. The smallest absolute Gasteiger partial charge is 0.304 e. The maximum atomic E-state index is 10.7. The minimum absolute atomic E-state index is 0.207. The Hall–Kier alpha value is -1.72. The van der Waals surface area contributed by atoms with Crippen LogP contribution < -0.4 is 0 Å². The van der Waals surface area contributed by atoms with Crippen LogP contribution in [0.5, 0.6) is 0 Å². The number of hydrogen-bond acceptors (Lipinski definition) is 4. The highest BCUT2D eigenvalue weighted by Crippen LogP contribution is 2.31. The molecule has 0 amide bonds. The fourth-order valence-electron chi connectivity index (χ4n) is 2.59. The number of carbonyl (C=O) groups is 1. The largest absolute Gasteiger partial charge is 0.481 e. The van der Waals surface area contributed by atoms with E-state index in [1.54, 1.807) is 11.3 Å². The van der Waals surface area contributed by atoms with E-state index >= 15 is 0 Å². The summed E-state index contributed by atoms with van der Waals surface area (Å²) in [6.45, 7) is 4.43. The molecule has 110 valence electrons. The molecular weight excluding hydrogens is 284 g/mol. The first-order valence-corrected chi connectivity index (χ1v) is 7.93. The van der Waals surface area contributed by atoms with Crippen LogP contribution in [-0.2, 0) is 17.8 Å². The van der Waals surface area contributed by atoms with Gasteiger partial charge in [-0.05, 0) is 13.0 Å². The van der Waals surface area contributed by atoms with Gasteiger partial charge in [-0.15, -0.1) is 11.3 Å². The number of aromatic nitrogens is 1. The summed E-state index contributed by atoms with van der Waals surface area (Å²) in [4.78, 5) is 18.9. The number of nitrogens with zero attached hydrogens (tertiary/aromatic N) is 2. The molecule has 0 aliphatic carbocycles. The van der Waals surface area contributed by atoms with Crippen molar-refractivity contribution in [2.45, 2.75) is 26.3 Å². The normalized spacial score (nSPS) is 14.9. The van der Waals surface area contributed by atoms with E-state index in [1.165, 1.54) is 21.7 Å². The Labute approximate surface area is 128 Å². The number of hydrogen-bond donors (Lipinski definition) is 1. The highest BCUT2D eigenvalue weighted by atomic mass is 32.1. The van der Waals surface area contributed by atoms with Gasteiger partial charge in [0.1, 0.15) is 5.01 Å². The number of carboxylic acids is 1. The van der Waals surface area contributed by atoms with Gasteiger partial charge in [-0.3, -0.25) is 9.69 Å². The summed E-state index contributed by atoms with van der Waals surface area (Å²) in [5, 5.41) is 9.85. The highest BCUT2D eigenvalue weighted by molar-refractivity contribution is 7.15. The van der Waals surface area contributed by atoms with E-state index in [0.29, 0.717) is 6.54 Å². The van der Waals surface area contributed by atoms with Crippen molar-refractivity contribution in [2.24, 2.45) is 0 Å². The van der Waals surface area contributed by atoms with Crippen LogP contribution in [-0.4, -0.2) is 34.0 Å². The summed E-state index contributed by atoms with van der Waals surface area (Å²) < 4.78 is 0. The molecule has 0 saturated carbocycles. The predicted octanol–water partition coefficient (Wildman–Crippen LogP) is 2.95. The minimum Gasteiger partial charge on any atom is -0.481 e. The quantitative estimate of drug-likeness (QED) is 0.943. The molecule has 2 aromatic rings. The molecule has 0 saturated heterocycles. The van der Waals surface area contributed by atoms with E-state index in [-0.39, 0.29) is 6.42 Å². The lowest BCUT2D eigenvalue weighted by atomic mass is 10.1. The third-order valence-electron chi connectivity index (χ3n) is 3.72. The molecule has 21 heavy (non-hydrogen) atoms. The SMILES string of the molecule is Cc1cccc(-c2nc3c(s2)CN(CCC(=O)O)CC3)c1. The van der Waals surface area contributed by atoms with Gasteiger partial charge in [0.15, 0.2) is 0 Å². The van der Waals surface area contributed by atoms with E-state index in [4.69, 9.17) is 10.1 Å². The van der Waals surface area contributed by atoms with Crippen molar-refractivity contribution in [2.75, 3.05) is 13.1 Å². The zero-order chi connectivity index (χ0) is 14.8. The van der Waals surface area contributed by atoms with Crippen molar-refractivity contribution in [1.82, 2.24) is 9.88 Å². The Morgan fingerprint density at radius 3 is 3.10 bits per heavy atom. The summed E-state index contributed by atoms with van der Waals surface area (Å²) in [7, 11) is 0. The highest BCUT2D eigenvalue weighted by Gasteiger charge is 2.21. The summed E-state index contributed by atoms with van der Waals surface area (Å²) in [5.41, 5.74) is 3.60. The molecule has 0 spiro atoms. The first-order chi connectivity index (χ1) is 10.1. The van der Waals surface area contributed by atoms with Crippen LogP contribution in [0.4, 0.5) is 0 Å². The molecule has 1 aliphatic rings. The van der Waals surface area contributed by atoms with Gasteiger partial charge in [-0.2, -0.15) is 0 Å². The van der Waals surface area contributed by atoms with Gasteiger partial charge in [-0.25, -0.2) is 4.98 Å². The van der Waals surface area contributed by atoms with Crippen LogP contribution in [0.1, 0.15) is 22.6 Å². The average molecular weight is 302 g/mol. The Kier molecular flexibility index (Phi) is 4.03. The first-order valence-electron chi connectivity index (χ1n) is 7.11. The lowest BCUT2D eigenvalue weighted by Gasteiger charge is -2.24. The van der Waals surface area contributed by atoms with E-state index in [0.717, 1.165) is 24.5 Å². The molecule has 1 aromatic carbocycles. The summed E-state index contributed by atoms with van der Waals surface area (Å²) >= 11 is 1.73. The van der Waals surface area contributed by atoms with Crippen molar-refractivity contribution >= 4 is 17.3 Å². The van der Waals surface area contributed by atoms with Crippen LogP contribution in [0.25, 0.3) is 10.6 Å². The predicted molar refractivity (Wildman–Crippen MR) is 83.5 cm³/mol. The fourth-order valence-corrected chi connectivity index (χ4v) is 3.74. The van der Waals surface area contributed by atoms with Gasteiger partial charge in [0.2, 0.25) is 0 Å². The monoisotopic (exact) mass is 302 g/mol. The molecule has 5 heteroatoms. The van der Waals surface area contributed by atoms with E-state index in [2.05, 4.69) is 36.1 Å². The number of aliphatic carboxylic acids is 1. The van der Waals surface area contributed by atoms with E-state index < -0.39 is 5.97 Å². The summed E-state index contributed by atoms with van der Waals surface area (Å²) in [6, 6.07) is 8.40. The molecular formula is C16H18N2O2S. The van der Waals surface area contributed by atoms with Crippen molar-refractivity contribution in [3.8, 4) is 10.6 Å². The third kappa shape index (κ3) is 3.31. The van der Waals surface area contributed by atoms with Crippen molar-refractivity contribution in [1.29, 1.82) is 0 Å². The van der Waals surface area contributed by atoms with Crippen LogP contribution >= 0.6 is 11.3 Å². The number of rotatable bonds is 4. The Balaban J connectivity index is 1.77. The molecule has 0 unspecified atom stereocenters. The lowest BCUT2D eigenvalue weighted by Crippen LogP contribution is -2.31. The first kappa shape index (κ1) is 14.2. The maximum absolute atomic E-state index is 10.7. The molecule has 0 atom stereocenters. The number of thiazole rings is 1. The average Bonchev–Trinajstić information content (AvgIpc) is 2.88. The fraction of sp³-hybridized carbons (Fsp3) is 0.375. The van der Waals surface area contributed by atoms with Crippen molar-refractivity contribution in [3.63, 3.8) is 0 Å². The van der Waals surface area contributed by atoms with E-state index in [9.17, 15) is 4.79 Å². The number of carboxylic acid groups (broad SMARTS) is 1. The molecule has 1 N–H and O–H groups in total. The second-order valence-corrected chi connectivity index (χ2v) is 6.51. The third-order valence-corrected chi connectivity index (χ3v) is 4.85. The topological polar surface area (TPSA) is 53.4 Å². The van der Waals surface area contributed by atoms with Gasteiger partial charge >= 0.3 is 5.97 Å². The van der Waals surface area contributed by atoms with Crippen LogP contribution in [0.3, 0.4) is 0 Å². The zero-order valence-electron chi connectivity index (χ0n) is 12.0. The molecule has 0 radical (unpaired) electrons. The van der Waals surface area contributed by atoms with Gasteiger partial charge in [-0.1, -0.05) is 23.8 Å². The lowest BCUT2D eigenvalue weighted by molar-refractivity contribution is -0.137. The Bertz CT molecular complexity index is 666. The Morgan fingerprint density at radius 1 is 1.48 bits per heavy atom. The molecule has 1 aliphatic heterocycles.